The molecule has 0 saturated carbocycles. The molecule has 0 aliphatic heterocycles. The Kier molecular flexibility index (Phi) is 8.57. The van der Waals surface area contributed by atoms with Crippen LogP contribution in [0, 0.1) is 3.57 Å². The van der Waals surface area contributed by atoms with Gasteiger partial charge in [-0.2, -0.15) is 0 Å². The van der Waals surface area contributed by atoms with Gasteiger partial charge in [0.2, 0.25) is 0 Å². The fourth-order valence-electron chi connectivity index (χ4n) is 3.12. The van der Waals surface area contributed by atoms with Gasteiger partial charge in [0.05, 0.1) is 0 Å². The zero-order chi connectivity index (χ0) is 22.9. The summed E-state index contributed by atoms with van der Waals surface area (Å²) in [7, 11) is 0. The van der Waals surface area contributed by atoms with Crippen LogP contribution in [-0.4, -0.2) is 34.6 Å². The second-order valence-corrected chi connectivity index (χ2v) is 8.60. The second-order valence-electron chi connectivity index (χ2n) is 7.36. The van der Waals surface area contributed by atoms with Gasteiger partial charge in [0.25, 0.3) is 5.91 Å². The molecule has 166 valence electrons. The molecule has 0 unspecified atom stereocenters. The van der Waals surface area contributed by atoms with Crippen LogP contribution < -0.4 is 16.4 Å². The van der Waals surface area contributed by atoms with Gasteiger partial charge in [-0.25, -0.2) is 4.98 Å². The number of carboxylic acids is 1. The number of hydrogen-bond donors (Lipinski definition) is 4. The fraction of sp³-hybridized carbons (Fsp3) is 0.208. The highest BCUT2D eigenvalue weighted by Gasteiger charge is 2.18. The third kappa shape index (κ3) is 7.31. The van der Waals surface area contributed by atoms with Crippen molar-refractivity contribution in [2.45, 2.75) is 25.4 Å². The van der Waals surface area contributed by atoms with Gasteiger partial charge in [0.15, 0.2) is 0 Å². The lowest BCUT2D eigenvalue weighted by Gasteiger charge is -2.15. The SMILES string of the molecule is Nc1cccc(CCc2ccc(C(=O)NC[C@H](NCc3ccc(I)cc3)C(=O)O)cc2)n1. The average Bonchev–Trinajstić information content (AvgIpc) is 2.79. The quantitative estimate of drug-likeness (QED) is 0.292. The zero-order valence-electron chi connectivity index (χ0n) is 17.4. The number of aliphatic carboxylic acids is 1. The molecule has 1 amide bonds. The van der Waals surface area contributed by atoms with Crippen molar-refractivity contribution >= 4 is 40.3 Å². The largest absolute Gasteiger partial charge is 0.480 e. The Morgan fingerprint density at radius 2 is 1.66 bits per heavy atom. The number of aromatic nitrogens is 1. The Labute approximate surface area is 200 Å². The molecule has 0 saturated heterocycles. The molecule has 0 fully saturated rings. The number of rotatable bonds is 10. The number of carbonyl (C=O) groups is 2. The first-order valence-electron chi connectivity index (χ1n) is 10.2. The molecule has 2 aromatic carbocycles. The molecule has 0 aliphatic rings. The summed E-state index contributed by atoms with van der Waals surface area (Å²) in [5, 5.41) is 15.1. The fourth-order valence-corrected chi connectivity index (χ4v) is 3.48. The number of benzene rings is 2. The van der Waals surface area contributed by atoms with Gasteiger partial charge in [-0.3, -0.25) is 14.9 Å². The smallest absolute Gasteiger partial charge is 0.322 e. The number of halogens is 1. The number of nitrogen functional groups attached to an aromatic ring is 1. The van der Waals surface area contributed by atoms with E-state index in [9.17, 15) is 14.7 Å². The van der Waals surface area contributed by atoms with Crippen molar-refractivity contribution in [3.05, 3.63) is 92.7 Å². The van der Waals surface area contributed by atoms with Crippen LogP contribution in [0.3, 0.4) is 0 Å². The van der Waals surface area contributed by atoms with E-state index in [1.54, 1.807) is 18.2 Å². The number of carbonyl (C=O) groups excluding carboxylic acids is 1. The van der Waals surface area contributed by atoms with Crippen LogP contribution >= 0.6 is 22.6 Å². The number of nitrogens with one attached hydrogen (secondary N) is 2. The van der Waals surface area contributed by atoms with Crippen LogP contribution in [0.5, 0.6) is 0 Å². The van der Waals surface area contributed by atoms with Gasteiger partial charge in [0, 0.05) is 27.9 Å². The molecule has 8 heteroatoms. The summed E-state index contributed by atoms with van der Waals surface area (Å²) in [4.78, 5) is 28.3. The number of anilines is 1. The molecule has 3 aromatic rings. The van der Waals surface area contributed by atoms with Gasteiger partial charge >= 0.3 is 5.97 Å². The van der Waals surface area contributed by atoms with Crippen molar-refractivity contribution < 1.29 is 14.7 Å². The molecule has 0 radical (unpaired) electrons. The van der Waals surface area contributed by atoms with Gasteiger partial charge in [-0.05, 0) is 83.0 Å². The minimum Gasteiger partial charge on any atom is -0.480 e. The molecule has 5 N–H and O–H groups in total. The van der Waals surface area contributed by atoms with Crippen molar-refractivity contribution in [3.63, 3.8) is 0 Å². The first-order valence-corrected chi connectivity index (χ1v) is 11.3. The van der Waals surface area contributed by atoms with E-state index < -0.39 is 12.0 Å². The van der Waals surface area contributed by atoms with Crippen LogP contribution in [0.15, 0.2) is 66.7 Å². The number of aryl methyl sites for hydroxylation is 2. The van der Waals surface area contributed by atoms with Gasteiger partial charge in [0.1, 0.15) is 11.9 Å². The Morgan fingerprint density at radius 1 is 0.969 bits per heavy atom. The first kappa shape index (κ1) is 23.7. The summed E-state index contributed by atoms with van der Waals surface area (Å²) in [6.07, 6.45) is 1.53. The van der Waals surface area contributed by atoms with Crippen LogP contribution in [0.1, 0.15) is 27.2 Å². The molecular formula is C24H25IN4O3. The molecule has 0 spiro atoms. The Hall–Kier alpha value is -2.98. The number of hydrogen-bond acceptors (Lipinski definition) is 5. The monoisotopic (exact) mass is 544 g/mol. The maximum Gasteiger partial charge on any atom is 0.322 e. The first-order chi connectivity index (χ1) is 15.4. The predicted octanol–water partition coefficient (Wildman–Crippen LogP) is 3.03. The summed E-state index contributed by atoms with van der Waals surface area (Å²) in [5.74, 6) is -0.820. The standard InChI is InChI=1S/C24H25IN4O3/c25-19-11-6-17(7-12-19)14-27-21(24(31)32)15-28-23(30)18-9-4-16(5-10-18)8-13-20-2-1-3-22(26)29-20/h1-7,9-12,21,27H,8,13-15H2,(H2,26,29)(H,28,30)(H,31,32)/t21-/m0/s1. The molecule has 1 atom stereocenters. The van der Waals surface area contributed by atoms with Gasteiger partial charge in [-0.1, -0.05) is 30.3 Å². The van der Waals surface area contributed by atoms with Crippen molar-refractivity contribution in [2.24, 2.45) is 0 Å². The van der Waals surface area contributed by atoms with E-state index in [1.807, 2.05) is 48.5 Å². The minimum absolute atomic E-state index is 0.0125. The number of amides is 1. The number of pyridine rings is 1. The molecule has 32 heavy (non-hydrogen) atoms. The lowest BCUT2D eigenvalue weighted by molar-refractivity contribution is -0.139. The summed E-state index contributed by atoms with van der Waals surface area (Å²) < 4.78 is 1.11. The highest BCUT2D eigenvalue weighted by molar-refractivity contribution is 14.1. The van der Waals surface area contributed by atoms with Crippen molar-refractivity contribution in [3.8, 4) is 0 Å². The Morgan fingerprint density at radius 3 is 2.31 bits per heavy atom. The van der Waals surface area contributed by atoms with E-state index in [2.05, 4.69) is 38.2 Å². The van der Waals surface area contributed by atoms with Crippen LogP contribution in [0.25, 0.3) is 0 Å². The Balaban J connectivity index is 1.49. The van der Waals surface area contributed by atoms with E-state index in [0.717, 1.165) is 33.2 Å². The normalized spacial score (nSPS) is 11.7. The van der Waals surface area contributed by atoms with E-state index in [1.165, 1.54) is 0 Å². The topological polar surface area (TPSA) is 117 Å². The molecule has 7 nitrogen and oxygen atoms in total. The third-order valence-electron chi connectivity index (χ3n) is 4.94. The van der Waals surface area contributed by atoms with Gasteiger partial charge < -0.3 is 16.2 Å². The van der Waals surface area contributed by atoms with Gasteiger partial charge in [-0.15, -0.1) is 0 Å². The number of nitrogens with two attached hydrogens (primary N) is 1. The van der Waals surface area contributed by atoms with Crippen LogP contribution in [0.2, 0.25) is 0 Å². The Bertz CT molecular complexity index is 1060. The molecular weight excluding hydrogens is 519 g/mol. The van der Waals surface area contributed by atoms with E-state index in [-0.39, 0.29) is 12.5 Å². The molecule has 0 aliphatic carbocycles. The number of carboxylic acid groups (broad SMARTS) is 1. The van der Waals surface area contributed by atoms with E-state index >= 15 is 0 Å². The van der Waals surface area contributed by atoms with Crippen molar-refractivity contribution in [1.29, 1.82) is 0 Å². The predicted molar refractivity (Wildman–Crippen MR) is 132 cm³/mol. The summed E-state index contributed by atoms with van der Waals surface area (Å²) >= 11 is 2.22. The molecule has 1 aromatic heterocycles. The van der Waals surface area contributed by atoms with Crippen molar-refractivity contribution in [2.75, 3.05) is 12.3 Å². The zero-order valence-corrected chi connectivity index (χ0v) is 19.6. The number of nitrogens with zero attached hydrogens (tertiary/aromatic N) is 1. The summed E-state index contributed by atoms with van der Waals surface area (Å²) in [5.41, 5.74) is 9.17. The van der Waals surface area contributed by atoms with Crippen LogP contribution in [-0.2, 0) is 24.2 Å². The van der Waals surface area contributed by atoms with E-state index in [0.29, 0.717) is 17.9 Å². The lowest BCUT2D eigenvalue weighted by atomic mass is 10.1. The summed E-state index contributed by atoms with van der Waals surface area (Å²) in [6, 6.07) is 19.8. The lowest BCUT2D eigenvalue weighted by Crippen LogP contribution is -2.45. The maximum absolute atomic E-state index is 12.5. The minimum atomic E-state index is -1.01. The summed E-state index contributed by atoms with van der Waals surface area (Å²) in [6.45, 7) is 0.391. The molecule has 1 heterocycles. The average molecular weight is 544 g/mol. The van der Waals surface area contributed by atoms with Crippen LogP contribution in [0.4, 0.5) is 5.82 Å². The second kappa shape index (κ2) is 11.6. The van der Waals surface area contributed by atoms with E-state index in [4.69, 9.17) is 5.73 Å². The highest BCUT2D eigenvalue weighted by Crippen LogP contribution is 2.10. The highest BCUT2D eigenvalue weighted by atomic mass is 127. The molecule has 3 rings (SSSR count). The molecule has 0 bridgehead atoms. The van der Waals surface area contributed by atoms with Crippen molar-refractivity contribution in [1.82, 2.24) is 15.6 Å². The maximum atomic E-state index is 12.5. The third-order valence-corrected chi connectivity index (χ3v) is 5.66.